The molecule has 2 amide bonds. The molecule has 1 saturated carbocycles. The van der Waals surface area contributed by atoms with Crippen LogP contribution in [0.4, 0.5) is 8.78 Å². The zero-order valence-electron chi connectivity index (χ0n) is 25.0. The van der Waals surface area contributed by atoms with Gasteiger partial charge in [0.2, 0.25) is 5.78 Å². The molecule has 1 aliphatic carbocycles. The zero-order chi connectivity index (χ0) is 32.0. The third kappa shape index (κ3) is 8.07. The largest absolute Gasteiger partial charge is 0.493 e. The number of hydrogen-bond acceptors (Lipinski definition) is 5. The highest BCUT2D eigenvalue weighted by Gasteiger charge is 2.49. The van der Waals surface area contributed by atoms with E-state index in [1.807, 2.05) is 0 Å². The average Bonchev–Trinajstić information content (AvgIpc) is 3.07. The van der Waals surface area contributed by atoms with E-state index in [2.05, 4.69) is 5.32 Å². The Morgan fingerprint density at radius 1 is 0.867 bits per heavy atom. The molecule has 0 aromatic heterocycles. The number of rotatable bonds is 10. The number of nitrogens with two attached hydrogens (primary N) is 1. The van der Waals surface area contributed by atoms with Crippen molar-refractivity contribution in [2.24, 2.45) is 11.7 Å². The fourth-order valence-corrected chi connectivity index (χ4v) is 6.03. The first-order chi connectivity index (χ1) is 21.6. The maximum absolute atomic E-state index is 16.2. The third-order valence-corrected chi connectivity index (χ3v) is 8.97. The van der Waals surface area contributed by atoms with Gasteiger partial charge in [-0.2, -0.15) is 8.78 Å². The van der Waals surface area contributed by atoms with E-state index in [0.29, 0.717) is 41.7 Å². The summed E-state index contributed by atoms with van der Waals surface area (Å²) in [6.07, 6.45) is 6.77. The van der Waals surface area contributed by atoms with E-state index >= 15 is 8.78 Å². The van der Waals surface area contributed by atoms with Crippen LogP contribution in [0.25, 0.3) is 11.1 Å². The predicted molar refractivity (Wildman–Crippen MR) is 169 cm³/mol. The number of alkyl halides is 2. The van der Waals surface area contributed by atoms with Gasteiger partial charge in [-0.15, -0.1) is 0 Å². The van der Waals surface area contributed by atoms with Crippen molar-refractivity contribution in [1.29, 1.82) is 0 Å². The SMILES string of the molecule is NC1CCN(C(=O)[C@@H](NC(=O)C(=O)c2ccc(OCC3CCCCC3)cc2)C(F)(F)c2ccc(-c3ccc(Cl)cc3)cc2)CC1. The first-order valence-corrected chi connectivity index (χ1v) is 15.9. The van der Waals surface area contributed by atoms with Gasteiger partial charge in [0.05, 0.1) is 6.61 Å². The topological polar surface area (TPSA) is 102 Å². The van der Waals surface area contributed by atoms with Crippen LogP contribution in [0.2, 0.25) is 5.02 Å². The van der Waals surface area contributed by atoms with Crippen molar-refractivity contribution in [2.45, 2.75) is 63.0 Å². The van der Waals surface area contributed by atoms with E-state index in [4.69, 9.17) is 22.1 Å². The molecule has 1 saturated heterocycles. The molecule has 10 heteroatoms. The molecule has 1 aliphatic heterocycles. The monoisotopic (exact) mass is 637 g/mol. The number of ketones is 1. The van der Waals surface area contributed by atoms with Crippen LogP contribution in [-0.4, -0.2) is 54.3 Å². The highest BCUT2D eigenvalue weighted by molar-refractivity contribution is 6.43. The molecule has 0 radical (unpaired) electrons. The van der Waals surface area contributed by atoms with Crippen LogP contribution in [0.3, 0.4) is 0 Å². The first-order valence-electron chi connectivity index (χ1n) is 15.5. The molecule has 0 spiro atoms. The summed E-state index contributed by atoms with van der Waals surface area (Å²) in [7, 11) is 0. The number of hydrogen-bond donors (Lipinski definition) is 2. The average molecular weight is 638 g/mol. The number of likely N-dealkylation sites (tertiary alicyclic amines) is 1. The van der Waals surface area contributed by atoms with E-state index in [1.54, 1.807) is 36.4 Å². The summed E-state index contributed by atoms with van der Waals surface area (Å²) in [5, 5.41) is 2.64. The molecule has 3 aromatic rings. The summed E-state index contributed by atoms with van der Waals surface area (Å²) in [6.45, 7) is 0.928. The van der Waals surface area contributed by atoms with E-state index in [0.717, 1.165) is 18.4 Å². The van der Waals surface area contributed by atoms with Crippen molar-refractivity contribution in [3.8, 4) is 16.9 Å². The number of piperidine rings is 1. The normalized spacial score (nSPS) is 17.0. The lowest BCUT2D eigenvalue weighted by Gasteiger charge is -2.35. The van der Waals surface area contributed by atoms with Gasteiger partial charge in [0.1, 0.15) is 5.75 Å². The second-order valence-electron chi connectivity index (χ2n) is 11.9. The smallest absolute Gasteiger partial charge is 0.302 e. The highest BCUT2D eigenvalue weighted by Crippen LogP contribution is 2.35. The quantitative estimate of drug-likeness (QED) is 0.199. The van der Waals surface area contributed by atoms with Crippen molar-refractivity contribution in [1.82, 2.24) is 10.2 Å². The second kappa shape index (κ2) is 14.5. The Bertz CT molecular complexity index is 1470. The fourth-order valence-electron chi connectivity index (χ4n) is 5.90. The van der Waals surface area contributed by atoms with Gasteiger partial charge in [-0.1, -0.05) is 67.3 Å². The molecule has 1 atom stereocenters. The molecule has 3 aromatic carbocycles. The Morgan fingerprint density at radius 2 is 1.44 bits per heavy atom. The van der Waals surface area contributed by atoms with Gasteiger partial charge in [-0.05, 0) is 79.1 Å². The lowest BCUT2D eigenvalue weighted by molar-refractivity contribution is -0.149. The number of halogens is 3. The van der Waals surface area contributed by atoms with Crippen molar-refractivity contribution in [3.63, 3.8) is 0 Å². The number of nitrogens with one attached hydrogen (secondary N) is 1. The third-order valence-electron chi connectivity index (χ3n) is 8.72. The van der Waals surface area contributed by atoms with Crippen molar-refractivity contribution >= 4 is 29.2 Å². The summed E-state index contributed by atoms with van der Waals surface area (Å²) >= 11 is 5.96. The van der Waals surface area contributed by atoms with Crippen LogP contribution in [0.15, 0.2) is 72.8 Å². The lowest BCUT2D eigenvalue weighted by atomic mass is 9.90. The fraction of sp³-hybridized carbons (Fsp3) is 0.400. The van der Waals surface area contributed by atoms with E-state index < -0.39 is 35.1 Å². The summed E-state index contributed by atoms with van der Waals surface area (Å²) in [6, 6.07) is 16.0. The molecular formula is C35H38ClF2N3O4. The standard InChI is InChI=1S/C35H38ClF2N3O4/c36-28-14-8-25(9-15-28)24-6-12-27(13-7-24)35(37,38)32(34(44)41-20-18-29(39)19-21-41)40-33(43)31(42)26-10-16-30(17-11-26)45-22-23-4-2-1-3-5-23/h6-17,23,29,32H,1-5,18-22,39H2,(H,40,43)/t32-/m1/s1. The molecule has 238 valence electrons. The Hall–Kier alpha value is -3.82. The molecule has 45 heavy (non-hydrogen) atoms. The van der Waals surface area contributed by atoms with Gasteiger partial charge in [-0.25, -0.2) is 0 Å². The van der Waals surface area contributed by atoms with Gasteiger partial charge in [0, 0.05) is 35.3 Å². The van der Waals surface area contributed by atoms with Gasteiger partial charge < -0.3 is 20.7 Å². The molecule has 0 bridgehead atoms. The van der Waals surface area contributed by atoms with Crippen molar-refractivity contribution < 1.29 is 27.9 Å². The Morgan fingerprint density at radius 3 is 2.04 bits per heavy atom. The molecule has 7 nitrogen and oxygen atoms in total. The van der Waals surface area contributed by atoms with Gasteiger partial charge in [0.15, 0.2) is 6.04 Å². The van der Waals surface area contributed by atoms with Gasteiger partial charge in [0.25, 0.3) is 11.8 Å². The number of benzene rings is 3. The van der Waals surface area contributed by atoms with Gasteiger partial charge in [-0.3, -0.25) is 14.4 Å². The van der Waals surface area contributed by atoms with E-state index in [-0.39, 0.29) is 24.7 Å². The molecule has 1 heterocycles. The Balaban J connectivity index is 1.32. The highest BCUT2D eigenvalue weighted by atomic mass is 35.5. The number of Topliss-reactive ketones (excluding diaryl/α,β-unsaturated/α-hetero) is 1. The van der Waals surface area contributed by atoms with Gasteiger partial charge >= 0.3 is 5.92 Å². The second-order valence-corrected chi connectivity index (χ2v) is 12.4. The number of carbonyl (C=O) groups is 3. The summed E-state index contributed by atoms with van der Waals surface area (Å²) in [5.74, 6) is -6.08. The molecule has 3 N–H and O–H groups in total. The number of amides is 2. The molecule has 5 rings (SSSR count). The van der Waals surface area contributed by atoms with E-state index in [9.17, 15) is 14.4 Å². The van der Waals surface area contributed by atoms with Crippen LogP contribution >= 0.6 is 11.6 Å². The van der Waals surface area contributed by atoms with Crippen LogP contribution in [0.5, 0.6) is 5.75 Å². The van der Waals surface area contributed by atoms with Crippen LogP contribution in [0.1, 0.15) is 60.9 Å². The summed E-state index contributed by atoms with van der Waals surface area (Å²) in [4.78, 5) is 41.0. The predicted octanol–water partition coefficient (Wildman–Crippen LogP) is 6.38. The minimum atomic E-state index is -3.83. The lowest BCUT2D eigenvalue weighted by Crippen LogP contribution is -2.59. The maximum atomic E-state index is 16.2. The van der Waals surface area contributed by atoms with Crippen molar-refractivity contribution in [2.75, 3.05) is 19.7 Å². The summed E-state index contributed by atoms with van der Waals surface area (Å²) < 4.78 is 38.2. The first kappa shape index (κ1) is 32.6. The minimum Gasteiger partial charge on any atom is -0.493 e. The minimum absolute atomic E-state index is 0.00305. The summed E-state index contributed by atoms with van der Waals surface area (Å²) in [5.41, 5.74) is 6.93. The van der Waals surface area contributed by atoms with Crippen LogP contribution in [0, 0.1) is 5.92 Å². The maximum Gasteiger partial charge on any atom is 0.302 e. The molecule has 2 fully saturated rings. The number of ether oxygens (including phenoxy) is 1. The number of nitrogens with zero attached hydrogens (tertiary/aromatic N) is 1. The number of carbonyl (C=O) groups excluding carboxylic acids is 3. The Kier molecular flexibility index (Phi) is 10.5. The molecule has 0 unspecified atom stereocenters. The molecule has 2 aliphatic rings. The van der Waals surface area contributed by atoms with Crippen LogP contribution < -0.4 is 15.8 Å². The molecular weight excluding hydrogens is 600 g/mol. The van der Waals surface area contributed by atoms with Crippen molar-refractivity contribution in [3.05, 3.63) is 88.9 Å². The zero-order valence-corrected chi connectivity index (χ0v) is 25.8. The van der Waals surface area contributed by atoms with Crippen LogP contribution in [-0.2, 0) is 15.5 Å². The van der Waals surface area contributed by atoms with E-state index in [1.165, 1.54) is 60.6 Å². The Labute approximate surface area is 267 Å².